The van der Waals surface area contributed by atoms with Gasteiger partial charge in [-0.3, -0.25) is 14.5 Å². The van der Waals surface area contributed by atoms with Crippen molar-refractivity contribution in [1.82, 2.24) is 9.80 Å². The van der Waals surface area contributed by atoms with Crippen molar-refractivity contribution < 1.29 is 14.7 Å². The number of carbonyl (C=O) groups is 2. The Bertz CT molecular complexity index is 395. The summed E-state index contributed by atoms with van der Waals surface area (Å²) in [6.45, 7) is 11.5. The Kier molecular flexibility index (Phi) is 5.74. The van der Waals surface area contributed by atoms with Crippen LogP contribution in [0.25, 0.3) is 0 Å². The predicted molar refractivity (Wildman–Crippen MR) is 78.5 cm³/mol. The zero-order valence-electron chi connectivity index (χ0n) is 12.8. The Labute approximate surface area is 121 Å². The van der Waals surface area contributed by atoms with Crippen LogP contribution in [-0.4, -0.2) is 58.5 Å². The van der Waals surface area contributed by atoms with Crippen LogP contribution in [0.3, 0.4) is 0 Å². The molecule has 5 nitrogen and oxygen atoms in total. The van der Waals surface area contributed by atoms with Gasteiger partial charge in [-0.15, -0.1) is 0 Å². The van der Waals surface area contributed by atoms with Gasteiger partial charge in [0.15, 0.2) is 0 Å². The maximum atomic E-state index is 12.3. The van der Waals surface area contributed by atoms with Crippen LogP contribution in [0.15, 0.2) is 12.2 Å². The van der Waals surface area contributed by atoms with Crippen molar-refractivity contribution >= 4 is 11.9 Å². The predicted octanol–water partition coefficient (Wildman–Crippen LogP) is 1.74. The molecule has 0 aromatic carbocycles. The fourth-order valence-electron chi connectivity index (χ4n) is 2.92. The topological polar surface area (TPSA) is 60.9 Å². The fraction of sp³-hybridized carbons (Fsp3) is 0.733. The zero-order chi connectivity index (χ0) is 15.3. The van der Waals surface area contributed by atoms with E-state index in [-0.39, 0.29) is 12.5 Å². The van der Waals surface area contributed by atoms with Crippen LogP contribution in [0.2, 0.25) is 0 Å². The number of carboxylic acids is 1. The molecule has 5 heteroatoms. The second-order valence-electron chi connectivity index (χ2n) is 5.58. The van der Waals surface area contributed by atoms with Gasteiger partial charge in [0, 0.05) is 13.1 Å². The molecule has 0 aromatic heterocycles. The molecule has 1 unspecified atom stereocenters. The third kappa shape index (κ3) is 3.39. The van der Waals surface area contributed by atoms with Crippen LogP contribution in [0.5, 0.6) is 0 Å². The van der Waals surface area contributed by atoms with E-state index in [0.717, 1.165) is 12.0 Å². The van der Waals surface area contributed by atoms with E-state index in [9.17, 15) is 14.7 Å². The molecule has 1 N–H and O–H groups in total. The van der Waals surface area contributed by atoms with E-state index in [1.807, 2.05) is 25.7 Å². The number of amides is 1. The van der Waals surface area contributed by atoms with E-state index in [0.29, 0.717) is 32.5 Å². The number of carboxylic acid groups (broad SMARTS) is 1. The van der Waals surface area contributed by atoms with E-state index < -0.39 is 11.5 Å². The van der Waals surface area contributed by atoms with Crippen molar-refractivity contribution in [3.8, 4) is 0 Å². The molecule has 1 rings (SSSR count). The maximum absolute atomic E-state index is 12.3. The highest BCUT2D eigenvalue weighted by molar-refractivity contribution is 5.82. The Morgan fingerprint density at radius 3 is 2.50 bits per heavy atom. The highest BCUT2D eigenvalue weighted by Gasteiger charge is 2.46. The third-order valence-electron chi connectivity index (χ3n) is 4.13. The maximum Gasteiger partial charge on any atom is 0.324 e. The van der Waals surface area contributed by atoms with E-state index in [2.05, 4.69) is 6.58 Å². The van der Waals surface area contributed by atoms with Gasteiger partial charge in [0.1, 0.15) is 5.54 Å². The lowest BCUT2D eigenvalue weighted by Crippen LogP contribution is -2.53. The summed E-state index contributed by atoms with van der Waals surface area (Å²) in [6, 6.07) is 0. The molecule has 1 heterocycles. The van der Waals surface area contributed by atoms with Crippen molar-refractivity contribution in [2.45, 2.75) is 45.6 Å². The van der Waals surface area contributed by atoms with Crippen LogP contribution in [0, 0.1) is 0 Å². The Morgan fingerprint density at radius 1 is 1.40 bits per heavy atom. The smallest absolute Gasteiger partial charge is 0.324 e. The molecule has 1 atom stereocenters. The molecule has 0 aromatic rings. The van der Waals surface area contributed by atoms with Crippen LogP contribution < -0.4 is 0 Å². The first-order valence-electron chi connectivity index (χ1n) is 7.28. The molecule has 1 aliphatic rings. The van der Waals surface area contributed by atoms with Gasteiger partial charge >= 0.3 is 5.97 Å². The summed E-state index contributed by atoms with van der Waals surface area (Å²) < 4.78 is 0. The van der Waals surface area contributed by atoms with Crippen LogP contribution in [0.1, 0.15) is 40.0 Å². The van der Waals surface area contributed by atoms with Crippen molar-refractivity contribution in [3.05, 3.63) is 12.2 Å². The molecular weight excluding hydrogens is 256 g/mol. The first-order valence-corrected chi connectivity index (χ1v) is 7.28. The molecule has 0 bridgehead atoms. The van der Waals surface area contributed by atoms with Crippen LogP contribution >= 0.6 is 0 Å². The molecule has 0 spiro atoms. The molecule has 1 amide bonds. The molecule has 0 aliphatic carbocycles. The SMILES string of the molecule is C=C(C)CN(CC)C(=O)CN1CCCC1(CC)C(=O)O. The lowest BCUT2D eigenvalue weighted by Gasteiger charge is -2.34. The van der Waals surface area contributed by atoms with Crippen molar-refractivity contribution in [2.24, 2.45) is 0 Å². The summed E-state index contributed by atoms with van der Waals surface area (Å²) in [5.41, 5.74) is 0.0692. The number of hydrogen-bond acceptors (Lipinski definition) is 3. The summed E-state index contributed by atoms with van der Waals surface area (Å²) in [5.74, 6) is -0.829. The lowest BCUT2D eigenvalue weighted by atomic mass is 9.93. The number of carbonyl (C=O) groups excluding carboxylic acids is 1. The van der Waals surface area contributed by atoms with Gasteiger partial charge in [-0.05, 0) is 39.7 Å². The molecule has 114 valence electrons. The van der Waals surface area contributed by atoms with Gasteiger partial charge in [0.05, 0.1) is 6.54 Å². The largest absolute Gasteiger partial charge is 0.480 e. The number of aliphatic carboxylic acids is 1. The average Bonchev–Trinajstić information content (AvgIpc) is 2.79. The van der Waals surface area contributed by atoms with Crippen molar-refractivity contribution in [2.75, 3.05) is 26.2 Å². The summed E-state index contributed by atoms with van der Waals surface area (Å²) in [5, 5.41) is 9.51. The first kappa shape index (κ1) is 16.7. The van der Waals surface area contributed by atoms with E-state index in [4.69, 9.17) is 0 Å². The number of nitrogens with zero attached hydrogens (tertiary/aromatic N) is 2. The minimum atomic E-state index is -0.863. The van der Waals surface area contributed by atoms with Gasteiger partial charge < -0.3 is 10.0 Å². The molecule has 1 saturated heterocycles. The zero-order valence-corrected chi connectivity index (χ0v) is 12.8. The Balaban J connectivity index is 2.78. The molecule has 20 heavy (non-hydrogen) atoms. The second kappa shape index (κ2) is 6.88. The summed E-state index contributed by atoms with van der Waals surface area (Å²) >= 11 is 0. The van der Waals surface area contributed by atoms with Gasteiger partial charge in [-0.1, -0.05) is 19.1 Å². The highest BCUT2D eigenvalue weighted by Crippen LogP contribution is 2.32. The average molecular weight is 282 g/mol. The van der Waals surface area contributed by atoms with Gasteiger partial charge in [-0.2, -0.15) is 0 Å². The van der Waals surface area contributed by atoms with Gasteiger partial charge in [-0.25, -0.2) is 0 Å². The van der Waals surface area contributed by atoms with Gasteiger partial charge in [0.25, 0.3) is 0 Å². The fourth-order valence-corrected chi connectivity index (χ4v) is 2.92. The standard InChI is InChI=1S/C15H26N2O3/c1-5-15(14(19)20)8-7-9-17(15)11-13(18)16(6-2)10-12(3)4/h3,5-11H2,1-2,4H3,(H,19,20). The highest BCUT2D eigenvalue weighted by atomic mass is 16.4. The minimum Gasteiger partial charge on any atom is -0.480 e. The Morgan fingerprint density at radius 2 is 2.05 bits per heavy atom. The number of rotatable bonds is 7. The van der Waals surface area contributed by atoms with E-state index >= 15 is 0 Å². The molecule has 0 radical (unpaired) electrons. The molecule has 1 aliphatic heterocycles. The van der Waals surface area contributed by atoms with Crippen LogP contribution in [0.4, 0.5) is 0 Å². The number of likely N-dealkylation sites (N-methyl/N-ethyl adjacent to an activating group) is 1. The summed E-state index contributed by atoms with van der Waals surface area (Å²) in [4.78, 5) is 27.5. The Hall–Kier alpha value is -1.36. The monoisotopic (exact) mass is 282 g/mol. The summed E-state index contributed by atoms with van der Waals surface area (Å²) in [7, 11) is 0. The summed E-state index contributed by atoms with van der Waals surface area (Å²) in [6.07, 6.45) is 1.99. The van der Waals surface area contributed by atoms with Crippen LogP contribution in [-0.2, 0) is 9.59 Å². The van der Waals surface area contributed by atoms with E-state index in [1.165, 1.54) is 0 Å². The molecular formula is C15H26N2O3. The first-order chi connectivity index (χ1) is 9.37. The molecule has 1 fully saturated rings. The third-order valence-corrected chi connectivity index (χ3v) is 4.13. The van der Waals surface area contributed by atoms with Crippen molar-refractivity contribution in [3.63, 3.8) is 0 Å². The number of hydrogen-bond donors (Lipinski definition) is 1. The minimum absolute atomic E-state index is 0.0172. The van der Waals surface area contributed by atoms with E-state index in [1.54, 1.807) is 4.90 Å². The quantitative estimate of drug-likeness (QED) is 0.723. The second-order valence-corrected chi connectivity index (χ2v) is 5.58. The normalized spacial score (nSPS) is 22.8. The van der Waals surface area contributed by atoms with Gasteiger partial charge in [0.2, 0.25) is 5.91 Å². The lowest BCUT2D eigenvalue weighted by molar-refractivity contribution is -0.151. The van der Waals surface area contributed by atoms with Crippen molar-refractivity contribution in [1.29, 1.82) is 0 Å². The molecule has 0 saturated carbocycles. The number of likely N-dealkylation sites (tertiary alicyclic amines) is 1.